The van der Waals surface area contributed by atoms with Gasteiger partial charge in [0, 0.05) is 37.6 Å². The van der Waals surface area contributed by atoms with Crippen molar-refractivity contribution in [2.45, 2.75) is 64.0 Å². The Hall–Kier alpha value is -1.75. The number of nitrogens with one attached hydrogen (secondary N) is 1. The molecule has 0 aromatic heterocycles. The minimum atomic E-state index is 0.175. The zero-order chi connectivity index (χ0) is 19.4. The highest BCUT2D eigenvalue weighted by Crippen LogP contribution is 2.39. The number of urea groups is 1. The Morgan fingerprint density at radius 1 is 1.14 bits per heavy atom. The first-order valence-electron chi connectivity index (χ1n) is 11.1. The monoisotopic (exact) mass is 385 g/mol. The van der Waals surface area contributed by atoms with Crippen LogP contribution in [0.2, 0.25) is 0 Å². The number of piperidine rings is 1. The molecule has 1 aromatic carbocycles. The lowest BCUT2D eigenvalue weighted by molar-refractivity contribution is 0.0894. The van der Waals surface area contributed by atoms with Gasteiger partial charge in [-0.1, -0.05) is 31.4 Å². The predicted octanol–water partition coefficient (Wildman–Crippen LogP) is 4.03. The normalized spacial score (nSPS) is 26.5. The van der Waals surface area contributed by atoms with E-state index in [1.54, 1.807) is 7.11 Å². The number of carbonyl (C=O) groups is 1. The van der Waals surface area contributed by atoms with E-state index in [9.17, 15) is 4.79 Å². The van der Waals surface area contributed by atoms with Gasteiger partial charge in [0.05, 0.1) is 7.11 Å². The number of ether oxygens (including phenoxy) is 1. The molecule has 2 amide bonds. The van der Waals surface area contributed by atoms with Gasteiger partial charge in [-0.05, 0) is 56.3 Å². The van der Waals surface area contributed by atoms with Crippen molar-refractivity contribution >= 4 is 6.03 Å². The van der Waals surface area contributed by atoms with E-state index in [1.807, 2.05) is 6.07 Å². The fourth-order valence-corrected chi connectivity index (χ4v) is 5.43. The van der Waals surface area contributed by atoms with Gasteiger partial charge in [-0.2, -0.15) is 0 Å². The van der Waals surface area contributed by atoms with Crippen LogP contribution >= 0.6 is 0 Å². The van der Waals surface area contributed by atoms with Gasteiger partial charge in [0.2, 0.25) is 0 Å². The van der Waals surface area contributed by atoms with Crippen LogP contribution in [-0.2, 0) is 6.54 Å². The maximum absolute atomic E-state index is 12.8. The van der Waals surface area contributed by atoms with Crippen LogP contribution in [0.1, 0.15) is 56.9 Å². The Balaban J connectivity index is 1.32. The second-order valence-electron chi connectivity index (χ2n) is 9.12. The fraction of sp³-hybridized carbons (Fsp3) is 0.696. The average Bonchev–Trinajstić information content (AvgIpc) is 3.12. The van der Waals surface area contributed by atoms with E-state index in [0.717, 1.165) is 57.7 Å². The van der Waals surface area contributed by atoms with Gasteiger partial charge in [-0.15, -0.1) is 0 Å². The molecule has 1 N–H and O–H groups in total. The summed E-state index contributed by atoms with van der Waals surface area (Å²) in [5, 5.41) is 3.31. The van der Waals surface area contributed by atoms with Gasteiger partial charge >= 0.3 is 6.03 Å². The van der Waals surface area contributed by atoms with Crippen LogP contribution in [0.25, 0.3) is 0 Å². The van der Waals surface area contributed by atoms with Crippen molar-refractivity contribution in [3.05, 3.63) is 29.8 Å². The molecule has 154 valence electrons. The molecule has 3 aliphatic rings. The predicted molar refractivity (Wildman–Crippen MR) is 112 cm³/mol. The van der Waals surface area contributed by atoms with Crippen LogP contribution in [0, 0.1) is 5.41 Å². The quantitative estimate of drug-likeness (QED) is 0.851. The number of amides is 2. The van der Waals surface area contributed by atoms with Crippen molar-refractivity contribution < 1.29 is 9.53 Å². The van der Waals surface area contributed by atoms with Gasteiger partial charge in [-0.25, -0.2) is 4.79 Å². The lowest BCUT2D eigenvalue weighted by atomic mass is 9.79. The molecule has 1 spiro atoms. The minimum Gasteiger partial charge on any atom is -0.497 e. The molecular formula is C23H35N3O2. The van der Waals surface area contributed by atoms with Crippen LogP contribution in [0.3, 0.4) is 0 Å². The number of benzene rings is 1. The molecule has 2 aliphatic heterocycles. The number of methoxy groups -OCH3 is 1. The molecule has 1 atom stereocenters. The molecule has 1 aromatic rings. The van der Waals surface area contributed by atoms with Crippen molar-refractivity contribution in [1.29, 1.82) is 0 Å². The first-order chi connectivity index (χ1) is 13.7. The molecule has 2 saturated heterocycles. The number of carbonyl (C=O) groups excluding carboxylic acids is 1. The number of hydrogen-bond acceptors (Lipinski definition) is 3. The summed E-state index contributed by atoms with van der Waals surface area (Å²) in [4.78, 5) is 17.4. The molecule has 5 heteroatoms. The van der Waals surface area contributed by atoms with Crippen molar-refractivity contribution in [3.63, 3.8) is 0 Å². The Morgan fingerprint density at radius 3 is 2.82 bits per heavy atom. The summed E-state index contributed by atoms with van der Waals surface area (Å²) in [6, 6.07) is 8.96. The second kappa shape index (κ2) is 8.73. The lowest BCUT2D eigenvalue weighted by Crippen LogP contribution is -2.48. The summed E-state index contributed by atoms with van der Waals surface area (Å²) in [5.74, 6) is 0.927. The third-order valence-electron chi connectivity index (χ3n) is 6.94. The highest BCUT2D eigenvalue weighted by molar-refractivity contribution is 5.75. The Kier molecular flexibility index (Phi) is 6.10. The van der Waals surface area contributed by atoms with E-state index in [4.69, 9.17) is 4.74 Å². The third kappa shape index (κ3) is 4.62. The lowest BCUT2D eigenvalue weighted by Gasteiger charge is -2.40. The fourth-order valence-electron chi connectivity index (χ4n) is 5.43. The van der Waals surface area contributed by atoms with E-state index < -0.39 is 0 Å². The topological polar surface area (TPSA) is 44.8 Å². The average molecular weight is 386 g/mol. The van der Waals surface area contributed by atoms with Gasteiger partial charge in [0.15, 0.2) is 0 Å². The molecule has 0 radical (unpaired) electrons. The molecule has 0 bridgehead atoms. The van der Waals surface area contributed by atoms with Crippen LogP contribution in [0.4, 0.5) is 4.79 Å². The molecule has 2 heterocycles. The maximum Gasteiger partial charge on any atom is 0.317 e. The maximum atomic E-state index is 12.8. The summed E-state index contributed by atoms with van der Waals surface area (Å²) >= 11 is 0. The zero-order valence-corrected chi connectivity index (χ0v) is 17.3. The summed E-state index contributed by atoms with van der Waals surface area (Å²) in [6.07, 6.45) is 9.75. The highest BCUT2D eigenvalue weighted by Gasteiger charge is 2.43. The highest BCUT2D eigenvalue weighted by atomic mass is 16.5. The summed E-state index contributed by atoms with van der Waals surface area (Å²) in [6.45, 7) is 5.03. The molecule has 28 heavy (non-hydrogen) atoms. The van der Waals surface area contributed by atoms with E-state index in [0.29, 0.717) is 6.04 Å². The van der Waals surface area contributed by atoms with Gasteiger partial charge < -0.3 is 15.0 Å². The number of nitrogens with zero attached hydrogens (tertiary/aromatic N) is 2. The van der Waals surface area contributed by atoms with Gasteiger partial charge in [0.25, 0.3) is 0 Å². The second-order valence-corrected chi connectivity index (χ2v) is 9.12. The first-order valence-corrected chi connectivity index (χ1v) is 11.1. The van der Waals surface area contributed by atoms with Crippen LogP contribution in [0.15, 0.2) is 24.3 Å². The van der Waals surface area contributed by atoms with Crippen molar-refractivity contribution in [1.82, 2.24) is 15.1 Å². The summed E-state index contributed by atoms with van der Waals surface area (Å²) in [5.41, 5.74) is 1.59. The smallest absolute Gasteiger partial charge is 0.317 e. The molecule has 0 unspecified atom stereocenters. The van der Waals surface area contributed by atoms with Crippen molar-refractivity contribution in [2.75, 3.05) is 33.3 Å². The first kappa shape index (κ1) is 19.6. The van der Waals surface area contributed by atoms with E-state index in [-0.39, 0.29) is 11.4 Å². The van der Waals surface area contributed by atoms with E-state index >= 15 is 0 Å². The van der Waals surface area contributed by atoms with E-state index in [2.05, 4.69) is 33.3 Å². The molecular weight excluding hydrogens is 350 g/mol. The van der Waals surface area contributed by atoms with E-state index in [1.165, 1.54) is 37.7 Å². The number of rotatable bonds is 4. The standard InChI is InChI=1S/C23H35N3O2/c1-28-21-10-5-7-19(15-21)16-25-13-6-11-23(17-25)12-14-26(18-23)22(27)24-20-8-3-2-4-9-20/h5,7,10,15,20H,2-4,6,8-9,11-14,16-18H2,1H3,(H,24,27)/t23-/m0/s1. The van der Waals surface area contributed by atoms with Crippen molar-refractivity contribution in [3.8, 4) is 5.75 Å². The Labute approximate surface area is 169 Å². The molecule has 4 rings (SSSR count). The Morgan fingerprint density at radius 2 is 2.00 bits per heavy atom. The molecule has 3 fully saturated rings. The van der Waals surface area contributed by atoms with Crippen molar-refractivity contribution in [2.24, 2.45) is 5.41 Å². The summed E-state index contributed by atoms with van der Waals surface area (Å²) < 4.78 is 5.37. The van der Waals surface area contributed by atoms with Crippen LogP contribution in [-0.4, -0.2) is 55.2 Å². The number of hydrogen-bond donors (Lipinski definition) is 1. The van der Waals surface area contributed by atoms with Gasteiger partial charge in [-0.3, -0.25) is 4.90 Å². The third-order valence-corrected chi connectivity index (χ3v) is 6.94. The molecule has 5 nitrogen and oxygen atoms in total. The SMILES string of the molecule is COc1cccc(CN2CCC[C@]3(CCN(C(=O)NC4CCCCC4)C3)C2)c1. The molecule has 1 saturated carbocycles. The van der Waals surface area contributed by atoms with Crippen LogP contribution < -0.4 is 10.1 Å². The van der Waals surface area contributed by atoms with Gasteiger partial charge in [0.1, 0.15) is 5.75 Å². The largest absolute Gasteiger partial charge is 0.497 e. The van der Waals surface area contributed by atoms with Crippen LogP contribution in [0.5, 0.6) is 5.75 Å². The summed E-state index contributed by atoms with van der Waals surface area (Å²) in [7, 11) is 1.72. The zero-order valence-electron chi connectivity index (χ0n) is 17.3. The molecule has 1 aliphatic carbocycles. The number of likely N-dealkylation sites (tertiary alicyclic amines) is 2. The minimum absolute atomic E-state index is 0.175. The Bertz CT molecular complexity index is 674.